The maximum absolute atomic E-state index is 13.3. The fourth-order valence-corrected chi connectivity index (χ4v) is 6.38. The van der Waals surface area contributed by atoms with Gasteiger partial charge in [0.25, 0.3) is 0 Å². The fourth-order valence-electron chi connectivity index (χ4n) is 6.38. The molecule has 0 bridgehead atoms. The Morgan fingerprint density at radius 1 is 0.473 bits per heavy atom. The lowest BCUT2D eigenvalue weighted by Gasteiger charge is -2.28. The first-order valence-electron chi connectivity index (χ1n) is 17.2. The van der Waals surface area contributed by atoms with Gasteiger partial charge in [0.1, 0.15) is 0 Å². The highest BCUT2D eigenvalue weighted by Crippen LogP contribution is 2.30. The Morgan fingerprint density at radius 3 is 1.22 bits per heavy atom. The summed E-state index contributed by atoms with van der Waals surface area (Å²) in [6.45, 7) is -2.05. The first kappa shape index (κ1) is 38.0. The highest BCUT2D eigenvalue weighted by atomic mass is 16.4. The molecule has 2 amide bonds. The first-order valence-corrected chi connectivity index (χ1v) is 17.2. The molecule has 4 aromatic heterocycles. The van der Waals surface area contributed by atoms with E-state index in [1.54, 1.807) is 73.3 Å². The molecule has 0 fully saturated rings. The van der Waals surface area contributed by atoms with E-state index in [0.717, 1.165) is 10.8 Å². The number of fused-ring (bicyclic) bond motifs is 6. The van der Waals surface area contributed by atoms with Crippen molar-refractivity contribution < 1.29 is 39.3 Å². The number of hydrogen-bond acceptors (Lipinski definition) is 12. The minimum Gasteiger partial charge on any atom is -0.480 e. The van der Waals surface area contributed by atoms with Crippen molar-refractivity contribution in [2.24, 2.45) is 0 Å². The van der Waals surface area contributed by atoms with Gasteiger partial charge in [0.2, 0.25) is 11.8 Å². The number of carbonyl (C=O) groups is 5. The zero-order valence-corrected chi connectivity index (χ0v) is 29.5. The molecule has 6 rings (SSSR count). The maximum Gasteiger partial charge on any atom is 0.317 e. The van der Waals surface area contributed by atoms with E-state index in [-0.39, 0.29) is 39.3 Å². The van der Waals surface area contributed by atoms with Crippen molar-refractivity contribution >= 4 is 84.7 Å². The lowest BCUT2D eigenvalue weighted by atomic mass is 10.1. The maximum atomic E-state index is 13.3. The summed E-state index contributed by atoms with van der Waals surface area (Å²) in [5.41, 5.74) is 3.46. The molecule has 6 aromatic rings. The number of carbonyl (C=O) groups excluding carboxylic acids is 2. The third-order valence-electron chi connectivity index (χ3n) is 8.75. The molecule has 0 aliphatic carbocycles. The van der Waals surface area contributed by atoms with Crippen molar-refractivity contribution in [2.75, 3.05) is 69.5 Å². The minimum atomic E-state index is -1.19. The molecule has 2 aromatic carbocycles. The van der Waals surface area contributed by atoms with Crippen molar-refractivity contribution in [3.8, 4) is 0 Å². The van der Waals surface area contributed by atoms with Gasteiger partial charge in [-0.3, -0.25) is 58.6 Å². The van der Waals surface area contributed by atoms with Crippen LogP contribution in [0.4, 0.5) is 11.4 Å². The Morgan fingerprint density at radius 2 is 0.818 bits per heavy atom. The van der Waals surface area contributed by atoms with E-state index < -0.39 is 49.4 Å². The number of anilines is 2. The molecule has 5 N–H and O–H groups in total. The van der Waals surface area contributed by atoms with Crippen molar-refractivity contribution in [1.82, 2.24) is 34.6 Å². The van der Waals surface area contributed by atoms with E-state index in [0.29, 0.717) is 44.2 Å². The van der Waals surface area contributed by atoms with E-state index in [1.807, 2.05) is 12.1 Å². The number of aromatic nitrogens is 4. The predicted molar refractivity (Wildman–Crippen MR) is 204 cm³/mol. The van der Waals surface area contributed by atoms with Crippen LogP contribution in [0.1, 0.15) is 0 Å². The Kier molecular flexibility index (Phi) is 12.1. The quantitative estimate of drug-likeness (QED) is 0.0796. The number of rotatable bonds is 18. The number of nitrogens with one attached hydrogen (secondary N) is 2. The van der Waals surface area contributed by atoms with Crippen molar-refractivity contribution in [3.63, 3.8) is 0 Å². The molecule has 0 atom stereocenters. The number of benzene rings is 2. The third kappa shape index (κ3) is 9.85. The van der Waals surface area contributed by atoms with Gasteiger partial charge in [0, 0.05) is 72.5 Å². The van der Waals surface area contributed by atoms with E-state index >= 15 is 0 Å². The average Bonchev–Trinajstić information content (AvgIpc) is 3.15. The topological polar surface area (TPSA) is 231 Å². The second-order valence-corrected chi connectivity index (χ2v) is 12.8. The average molecular weight is 748 g/mol. The highest BCUT2D eigenvalue weighted by molar-refractivity contribution is 6.13. The standard InChI is InChI=1S/C38H37N9O8/c48-30(43-28-17-24-5-1-9-39-35(24)37-26(28)7-3-11-41-37)19-46(22-33(52)53)15-13-45(21-32(50)51)14-16-47(23-34(54)55)20-31(49)44-29-18-25-6-2-10-40-36(25)38-27(29)8-4-12-42-38/h1-12,17-18H,13-16,19-23H2,(H,43,48)(H,44,49)(H,50,51)(H,52,53)(H,54,55). The molecule has 282 valence electrons. The number of aliphatic carboxylic acids is 3. The molecule has 0 spiro atoms. The number of hydrogen-bond donors (Lipinski definition) is 5. The molecule has 0 saturated heterocycles. The van der Waals surface area contributed by atoms with Crippen LogP contribution in [0.3, 0.4) is 0 Å². The largest absolute Gasteiger partial charge is 0.480 e. The van der Waals surface area contributed by atoms with Gasteiger partial charge in [-0.1, -0.05) is 12.1 Å². The van der Waals surface area contributed by atoms with Gasteiger partial charge < -0.3 is 26.0 Å². The first-order chi connectivity index (χ1) is 26.5. The monoisotopic (exact) mass is 747 g/mol. The summed E-state index contributed by atoms with van der Waals surface area (Å²) >= 11 is 0. The minimum absolute atomic E-state index is 0.00566. The van der Waals surface area contributed by atoms with Gasteiger partial charge in [-0.05, 0) is 48.5 Å². The van der Waals surface area contributed by atoms with E-state index in [2.05, 4.69) is 30.6 Å². The molecule has 4 heterocycles. The number of carboxylic acid groups (broad SMARTS) is 3. The van der Waals surface area contributed by atoms with Crippen LogP contribution < -0.4 is 10.6 Å². The Bertz CT molecular complexity index is 2250. The number of pyridine rings is 4. The molecule has 0 aliphatic rings. The SMILES string of the molecule is O=C(O)CN(CCN(CC(=O)O)CC(=O)Nc1cc2cccnc2c2ncccc12)CCN(CC(=O)O)CC(=O)Nc1cc2cccnc2c2ncccc12. The summed E-state index contributed by atoms with van der Waals surface area (Å²) in [6, 6.07) is 17.8. The predicted octanol–water partition coefficient (Wildman–Crippen LogP) is 2.62. The molecule has 0 aliphatic heterocycles. The fraction of sp³-hybridized carbons (Fsp3) is 0.237. The van der Waals surface area contributed by atoms with Gasteiger partial charge >= 0.3 is 17.9 Å². The molecule has 0 saturated carbocycles. The molecule has 0 radical (unpaired) electrons. The number of carboxylic acids is 3. The summed E-state index contributed by atoms with van der Waals surface area (Å²) in [5.74, 6) is -4.53. The molecule has 55 heavy (non-hydrogen) atoms. The van der Waals surface area contributed by atoms with Crippen LogP contribution in [-0.4, -0.2) is 139 Å². The summed E-state index contributed by atoms with van der Waals surface area (Å²) < 4.78 is 0. The van der Waals surface area contributed by atoms with Gasteiger partial charge in [-0.15, -0.1) is 0 Å². The molecule has 0 unspecified atom stereocenters. The van der Waals surface area contributed by atoms with Crippen molar-refractivity contribution in [2.45, 2.75) is 0 Å². The second-order valence-electron chi connectivity index (χ2n) is 12.8. The normalized spacial score (nSPS) is 11.5. The van der Waals surface area contributed by atoms with Crippen molar-refractivity contribution in [1.29, 1.82) is 0 Å². The Hall–Kier alpha value is -6.69. The highest BCUT2D eigenvalue weighted by Gasteiger charge is 2.21. The Balaban J connectivity index is 1.10. The molecule has 17 nitrogen and oxygen atoms in total. The Labute approximate surface area is 313 Å². The van der Waals surface area contributed by atoms with Crippen LogP contribution in [0.5, 0.6) is 0 Å². The lowest BCUT2D eigenvalue weighted by Crippen LogP contribution is -2.46. The van der Waals surface area contributed by atoms with Crippen LogP contribution in [0.2, 0.25) is 0 Å². The van der Waals surface area contributed by atoms with Crippen LogP contribution in [0.15, 0.2) is 85.5 Å². The second kappa shape index (κ2) is 17.4. The zero-order chi connectivity index (χ0) is 38.9. The summed E-state index contributed by atoms with van der Waals surface area (Å²) in [4.78, 5) is 83.9. The molecular formula is C38H37N9O8. The van der Waals surface area contributed by atoms with Crippen molar-refractivity contribution in [3.05, 3.63) is 85.5 Å². The lowest BCUT2D eigenvalue weighted by molar-refractivity contribution is -0.140. The van der Waals surface area contributed by atoms with Gasteiger partial charge in [0.15, 0.2) is 0 Å². The number of amides is 2. The van der Waals surface area contributed by atoms with Crippen LogP contribution in [0.25, 0.3) is 43.6 Å². The van der Waals surface area contributed by atoms with Gasteiger partial charge in [-0.25, -0.2) is 0 Å². The smallest absolute Gasteiger partial charge is 0.317 e. The van der Waals surface area contributed by atoms with E-state index in [1.165, 1.54) is 14.7 Å². The van der Waals surface area contributed by atoms with E-state index in [4.69, 9.17) is 0 Å². The zero-order valence-electron chi connectivity index (χ0n) is 29.5. The summed E-state index contributed by atoms with van der Waals surface area (Å²) in [7, 11) is 0. The summed E-state index contributed by atoms with van der Waals surface area (Å²) in [6.07, 6.45) is 6.55. The van der Waals surface area contributed by atoms with Crippen LogP contribution in [0, 0.1) is 0 Å². The summed E-state index contributed by atoms with van der Waals surface area (Å²) in [5, 5.41) is 37.4. The van der Waals surface area contributed by atoms with E-state index in [9.17, 15) is 39.3 Å². The van der Waals surface area contributed by atoms with Gasteiger partial charge in [0.05, 0.1) is 66.2 Å². The van der Waals surface area contributed by atoms with Gasteiger partial charge in [-0.2, -0.15) is 0 Å². The molecule has 17 heteroatoms. The molecular weight excluding hydrogens is 710 g/mol. The van der Waals surface area contributed by atoms with Crippen LogP contribution in [-0.2, 0) is 24.0 Å². The number of nitrogens with zero attached hydrogens (tertiary/aromatic N) is 7. The third-order valence-corrected chi connectivity index (χ3v) is 8.75. The van der Waals surface area contributed by atoms with Crippen LogP contribution >= 0.6 is 0 Å².